The van der Waals surface area contributed by atoms with E-state index in [-0.39, 0.29) is 5.91 Å². The zero-order valence-corrected chi connectivity index (χ0v) is 17.0. The molecular formula is C21H25N7O. The van der Waals surface area contributed by atoms with Crippen LogP contribution in [0, 0.1) is 6.92 Å². The first-order chi connectivity index (χ1) is 14.1. The lowest BCUT2D eigenvalue weighted by Crippen LogP contribution is -2.13. The van der Waals surface area contributed by atoms with Crippen molar-refractivity contribution in [1.29, 1.82) is 0 Å². The topological polar surface area (TPSA) is 89.5 Å². The Morgan fingerprint density at radius 1 is 1.07 bits per heavy atom. The number of fused-ring (bicyclic) bond motifs is 2. The molecule has 150 valence electrons. The van der Waals surface area contributed by atoms with Crippen molar-refractivity contribution < 1.29 is 4.79 Å². The number of aromatic nitrogens is 6. The lowest BCUT2D eigenvalue weighted by Gasteiger charge is -2.11. The molecule has 0 aromatic carbocycles. The van der Waals surface area contributed by atoms with Gasteiger partial charge in [-0.3, -0.25) is 9.20 Å². The summed E-state index contributed by atoms with van der Waals surface area (Å²) in [5.74, 6) is 0.782. The van der Waals surface area contributed by atoms with Crippen LogP contribution in [0.2, 0.25) is 0 Å². The fourth-order valence-electron chi connectivity index (χ4n) is 3.61. The van der Waals surface area contributed by atoms with Crippen molar-refractivity contribution in [3.05, 3.63) is 54.0 Å². The van der Waals surface area contributed by atoms with Crippen LogP contribution in [0.15, 0.2) is 37.2 Å². The summed E-state index contributed by atoms with van der Waals surface area (Å²) in [5, 5.41) is 7.12. The fourth-order valence-corrected chi connectivity index (χ4v) is 3.61. The summed E-state index contributed by atoms with van der Waals surface area (Å²) in [5.41, 5.74) is 3.65. The van der Waals surface area contributed by atoms with E-state index in [1.54, 1.807) is 29.3 Å². The van der Waals surface area contributed by atoms with Crippen LogP contribution in [-0.4, -0.2) is 34.9 Å². The number of aryl methyl sites for hydroxylation is 1. The highest BCUT2D eigenvalue weighted by atomic mass is 16.1. The Balaban J connectivity index is 1.59. The van der Waals surface area contributed by atoms with Gasteiger partial charge in [-0.15, -0.1) is 0 Å². The maximum atomic E-state index is 12.8. The van der Waals surface area contributed by atoms with Gasteiger partial charge in [-0.25, -0.2) is 19.5 Å². The molecule has 0 aliphatic carbocycles. The number of hydrogen-bond acceptors (Lipinski definition) is 5. The van der Waals surface area contributed by atoms with Crippen molar-refractivity contribution in [2.45, 2.75) is 52.4 Å². The third kappa shape index (κ3) is 3.83. The number of carbonyl (C=O) groups is 1. The van der Waals surface area contributed by atoms with Gasteiger partial charge in [0.2, 0.25) is 5.78 Å². The summed E-state index contributed by atoms with van der Waals surface area (Å²) in [6.45, 7) is 6.32. The van der Waals surface area contributed by atoms with Crippen LogP contribution in [0.4, 0.5) is 5.69 Å². The summed E-state index contributed by atoms with van der Waals surface area (Å²) < 4.78 is 3.48. The van der Waals surface area contributed by atoms with Gasteiger partial charge in [-0.05, 0) is 25.3 Å². The predicted octanol–water partition coefficient (Wildman–Crippen LogP) is 4.02. The third-order valence-corrected chi connectivity index (χ3v) is 5.02. The first-order valence-corrected chi connectivity index (χ1v) is 10.0. The van der Waals surface area contributed by atoms with Crippen LogP contribution >= 0.6 is 0 Å². The van der Waals surface area contributed by atoms with Gasteiger partial charge >= 0.3 is 0 Å². The number of rotatable bonds is 7. The highest BCUT2D eigenvalue weighted by molar-refractivity contribution is 6.05. The summed E-state index contributed by atoms with van der Waals surface area (Å²) >= 11 is 0. The van der Waals surface area contributed by atoms with Gasteiger partial charge in [0.1, 0.15) is 5.69 Å². The second-order valence-corrected chi connectivity index (χ2v) is 7.40. The molecule has 0 saturated heterocycles. The van der Waals surface area contributed by atoms with Crippen molar-refractivity contribution in [2.75, 3.05) is 5.32 Å². The monoisotopic (exact) mass is 391 g/mol. The molecular weight excluding hydrogens is 366 g/mol. The molecule has 1 N–H and O–H groups in total. The molecule has 0 fully saturated rings. The normalized spacial score (nSPS) is 11.6. The number of carbonyl (C=O) groups excluding carboxylic acids is 1. The fraction of sp³-hybridized carbons (Fsp3) is 0.381. The zero-order valence-electron chi connectivity index (χ0n) is 17.0. The van der Waals surface area contributed by atoms with Crippen molar-refractivity contribution in [2.24, 2.45) is 0 Å². The smallest absolute Gasteiger partial charge is 0.258 e. The van der Waals surface area contributed by atoms with Crippen LogP contribution in [0.3, 0.4) is 0 Å². The number of hydrogen-bond donors (Lipinski definition) is 1. The van der Waals surface area contributed by atoms with E-state index in [9.17, 15) is 4.79 Å². The molecule has 0 spiro atoms. The zero-order chi connectivity index (χ0) is 20.4. The molecule has 4 rings (SSSR count). The minimum atomic E-state index is -0.259. The van der Waals surface area contributed by atoms with Crippen LogP contribution in [0.1, 0.15) is 67.1 Å². The Bertz CT molecular complexity index is 1150. The first kappa shape index (κ1) is 19.0. The Morgan fingerprint density at radius 2 is 1.86 bits per heavy atom. The van der Waals surface area contributed by atoms with Gasteiger partial charge in [0.15, 0.2) is 5.65 Å². The highest BCUT2D eigenvalue weighted by Gasteiger charge is 2.16. The third-order valence-electron chi connectivity index (χ3n) is 5.02. The second kappa shape index (κ2) is 7.98. The molecule has 4 aromatic heterocycles. The minimum absolute atomic E-state index is 0.259. The second-order valence-electron chi connectivity index (χ2n) is 7.40. The summed E-state index contributed by atoms with van der Waals surface area (Å²) in [6.07, 6.45) is 15.0. The quantitative estimate of drug-likeness (QED) is 0.514. The van der Waals surface area contributed by atoms with E-state index in [4.69, 9.17) is 0 Å². The molecule has 0 aliphatic heterocycles. The molecule has 4 heterocycles. The molecule has 4 aromatic rings. The molecule has 0 saturated carbocycles. The summed E-state index contributed by atoms with van der Waals surface area (Å²) in [4.78, 5) is 26.2. The SMILES string of the molecule is CCCC(CCC)c1cn2cc(C(=O)Nc3cnn4cc(C)cnc34)cnc2n1. The van der Waals surface area contributed by atoms with Gasteiger partial charge in [-0.1, -0.05) is 26.7 Å². The number of anilines is 1. The van der Waals surface area contributed by atoms with E-state index in [2.05, 4.69) is 39.2 Å². The molecule has 8 nitrogen and oxygen atoms in total. The van der Waals surface area contributed by atoms with E-state index < -0.39 is 0 Å². The molecule has 8 heteroatoms. The Labute approximate surface area is 169 Å². The molecule has 1 amide bonds. The Hall–Kier alpha value is -3.29. The maximum Gasteiger partial charge on any atom is 0.258 e. The van der Waals surface area contributed by atoms with Crippen molar-refractivity contribution in [3.63, 3.8) is 0 Å². The van der Waals surface area contributed by atoms with E-state index in [1.807, 2.05) is 23.7 Å². The van der Waals surface area contributed by atoms with E-state index >= 15 is 0 Å². The van der Waals surface area contributed by atoms with Crippen LogP contribution in [0.25, 0.3) is 11.4 Å². The molecule has 0 radical (unpaired) electrons. The minimum Gasteiger partial charge on any atom is -0.317 e. The molecule has 0 aliphatic rings. The first-order valence-electron chi connectivity index (χ1n) is 10.0. The molecule has 29 heavy (non-hydrogen) atoms. The van der Waals surface area contributed by atoms with Crippen LogP contribution in [0.5, 0.6) is 0 Å². The predicted molar refractivity (Wildman–Crippen MR) is 111 cm³/mol. The Morgan fingerprint density at radius 3 is 2.62 bits per heavy atom. The van der Waals surface area contributed by atoms with Gasteiger partial charge in [-0.2, -0.15) is 5.10 Å². The largest absolute Gasteiger partial charge is 0.317 e. The number of nitrogens with one attached hydrogen (secondary N) is 1. The van der Waals surface area contributed by atoms with E-state index in [0.29, 0.717) is 28.6 Å². The average molecular weight is 391 g/mol. The van der Waals surface area contributed by atoms with Gasteiger partial charge in [0, 0.05) is 36.9 Å². The van der Waals surface area contributed by atoms with Gasteiger partial charge in [0.25, 0.3) is 5.91 Å². The maximum absolute atomic E-state index is 12.8. The van der Waals surface area contributed by atoms with Crippen molar-refractivity contribution >= 4 is 23.0 Å². The van der Waals surface area contributed by atoms with Crippen molar-refractivity contribution in [1.82, 2.24) is 29.0 Å². The van der Waals surface area contributed by atoms with Crippen LogP contribution < -0.4 is 5.32 Å². The highest BCUT2D eigenvalue weighted by Crippen LogP contribution is 2.25. The summed E-state index contributed by atoms with van der Waals surface area (Å²) in [7, 11) is 0. The van der Waals surface area contributed by atoms with Gasteiger partial charge < -0.3 is 5.32 Å². The number of nitrogens with zero attached hydrogens (tertiary/aromatic N) is 6. The van der Waals surface area contributed by atoms with Gasteiger partial charge in [0.05, 0.1) is 17.5 Å². The van der Waals surface area contributed by atoms with E-state index in [0.717, 1.165) is 36.9 Å². The lowest BCUT2D eigenvalue weighted by atomic mass is 9.95. The van der Waals surface area contributed by atoms with Crippen LogP contribution in [-0.2, 0) is 0 Å². The number of imidazole rings is 1. The lowest BCUT2D eigenvalue weighted by molar-refractivity contribution is 0.102. The molecule has 0 bridgehead atoms. The standard InChI is InChI=1S/C21H25N7O/c1-4-6-15(7-5-2)18-13-27-12-16(9-23-21(27)26-18)20(29)25-17-10-24-28-11-14(3)8-22-19(17)28/h8-13,15H,4-7H2,1-3H3,(H,25,29). The average Bonchev–Trinajstić information content (AvgIpc) is 3.31. The molecule has 0 atom stereocenters. The van der Waals surface area contributed by atoms with Crippen molar-refractivity contribution in [3.8, 4) is 0 Å². The number of amides is 1. The van der Waals surface area contributed by atoms with E-state index in [1.165, 1.54) is 0 Å². The Kier molecular flexibility index (Phi) is 5.24. The summed E-state index contributed by atoms with van der Waals surface area (Å²) in [6, 6.07) is 0. The molecule has 0 unspecified atom stereocenters.